The third kappa shape index (κ3) is 6.47. The standard InChI is InChI=1S/C26H28N4O5/c31-23(13-12-22-17-27-19-28-22)35-30-15-7-14-26(24(30)32,16-20-8-3-1-4-9-20)29-25(33)34-18-21-10-5-2-6-11-21/h1-6,8-11,17,19H,7,12-16,18H2,(H,27,28)(H,29,33)/t26-/m1/s1. The number of hydrogen-bond acceptors (Lipinski definition) is 6. The lowest BCUT2D eigenvalue weighted by molar-refractivity contribution is -0.207. The quantitative estimate of drug-likeness (QED) is 0.490. The fraction of sp³-hybridized carbons (Fsp3) is 0.308. The average Bonchev–Trinajstić information content (AvgIpc) is 3.39. The highest BCUT2D eigenvalue weighted by atomic mass is 16.7. The second kappa shape index (κ2) is 11.3. The van der Waals surface area contributed by atoms with Crippen LogP contribution in [0, 0.1) is 0 Å². The van der Waals surface area contributed by atoms with Crippen molar-refractivity contribution >= 4 is 18.0 Å². The summed E-state index contributed by atoms with van der Waals surface area (Å²) in [6, 6.07) is 18.7. The molecule has 182 valence electrons. The molecule has 2 amide bonds. The van der Waals surface area contributed by atoms with Crippen molar-refractivity contribution in [3.63, 3.8) is 0 Å². The lowest BCUT2D eigenvalue weighted by Gasteiger charge is -2.40. The van der Waals surface area contributed by atoms with Gasteiger partial charge in [0.1, 0.15) is 12.1 Å². The van der Waals surface area contributed by atoms with Gasteiger partial charge < -0.3 is 19.9 Å². The summed E-state index contributed by atoms with van der Waals surface area (Å²) in [5, 5.41) is 3.87. The number of benzene rings is 2. The van der Waals surface area contributed by atoms with E-state index >= 15 is 0 Å². The number of carbonyl (C=O) groups is 3. The summed E-state index contributed by atoms with van der Waals surface area (Å²) < 4.78 is 5.40. The summed E-state index contributed by atoms with van der Waals surface area (Å²) in [5.74, 6) is -1.01. The molecular weight excluding hydrogens is 448 g/mol. The molecule has 2 N–H and O–H groups in total. The molecule has 1 atom stereocenters. The van der Waals surface area contributed by atoms with Gasteiger partial charge in [0.15, 0.2) is 0 Å². The average molecular weight is 477 g/mol. The minimum Gasteiger partial charge on any atom is -0.445 e. The Labute approximate surface area is 203 Å². The van der Waals surface area contributed by atoms with E-state index in [4.69, 9.17) is 9.57 Å². The van der Waals surface area contributed by atoms with Crippen molar-refractivity contribution in [2.45, 2.75) is 44.2 Å². The Bertz CT molecular complexity index is 1120. The molecule has 1 saturated heterocycles. The van der Waals surface area contributed by atoms with E-state index < -0.39 is 23.5 Å². The molecule has 9 nitrogen and oxygen atoms in total. The molecule has 35 heavy (non-hydrogen) atoms. The predicted octanol–water partition coefficient (Wildman–Crippen LogP) is 3.33. The number of aromatic amines is 1. The zero-order chi connectivity index (χ0) is 24.5. The molecule has 0 unspecified atom stereocenters. The Morgan fingerprint density at radius 3 is 2.46 bits per heavy atom. The monoisotopic (exact) mass is 476 g/mol. The highest BCUT2D eigenvalue weighted by Gasteiger charge is 2.47. The van der Waals surface area contributed by atoms with E-state index in [2.05, 4.69) is 15.3 Å². The van der Waals surface area contributed by atoms with Gasteiger partial charge in [-0.15, -0.1) is 0 Å². The largest absolute Gasteiger partial charge is 0.445 e. The van der Waals surface area contributed by atoms with Crippen LogP contribution in [0.3, 0.4) is 0 Å². The number of carbonyl (C=O) groups excluding carboxylic acids is 3. The third-order valence-corrected chi connectivity index (χ3v) is 5.87. The number of imidazole rings is 1. The lowest BCUT2D eigenvalue weighted by Crippen LogP contribution is -2.64. The highest BCUT2D eigenvalue weighted by Crippen LogP contribution is 2.28. The lowest BCUT2D eigenvalue weighted by atomic mass is 9.83. The first-order valence-corrected chi connectivity index (χ1v) is 11.6. The number of amides is 2. The Balaban J connectivity index is 1.45. The van der Waals surface area contributed by atoms with Crippen molar-refractivity contribution in [3.8, 4) is 0 Å². The van der Waals surface area contributed by atoms with E-state index in [-0.39, 0.29) is 26.0 Å². The zero-order valence-corrected chi connectivity index (χ0v) is 19.3. The van der Waals surface area contributed by atoms with Gasteiger partial charge in [-0.2, -0.15) is 5.06 Å². The van der Waals surface area contributed by atoms with Crippen molar-refractivity contribution in [1.82, 2.24) is 20.3 Å². The maximum Gasteiger partial charge on any atom is 0.408 e. The Kier molecular flexibility index (Phi) is 7.77. The normalized spacial score (nSPS) is 17.6. The van der Waals surface area contributed by atoms with Gasteiger partial charge in [0, 0.05) is 18.3 Å². The number of rotatable bonds is 9. The van der Waals surface area contributed by atoms with Crippen LogP contribution in [-0.4, -0.2) is 45.1 Å². The maximum atomic E-state index is 13.6. The van der Waals surface area contributed by atoms with Gasteiger partial charge in [0.25, 0.3) is 5.91 Å². The van der Waals surface area contributed by atoms with Gasteiger partial charge >= 0.3 is 12.1 Å². The summed E-state index contributed by atoms with van der Waals surface area (Å²) in [7, 11) is 0. The molecule has 1 aliphatic rings. The number of H-pyrrole nitrogens is 1. The first kappa shape index (κ1) is 24.0. The molecule has 2 aromatic carbocycles. The van der Waals surface area contributed by atoms with E-state index in [0.29, 0.717) is 19.3 Å². The van der Waals surface area contributed by atoms with Gasteiger partial charge in [-0.3, -0.25) is 4.79 Å². The summed E-state index contributed by atoms with van der Waals surface area (Å²) in [6.45, 7) is 0.334. The number of hydrogen-bond donors (Lipinski definition) is 2. The second-order valence-electron chi connectivity index (χ2n) is 8.48. The van der Waals surface area contributed by atoms with Crippen molar-refractivity contribution < 1.29 is 24.0 Å². The molecule has 2 heterocycles. The van der Waals surface area contributed by atoms with Crippen LogP contribution in [0.1, 0.15) is 36.1 Å². The van der Waals surface area contributed by atoms with Gasteiger partial charge in [-0.05, 0) is 30.4 Å². The van der Waals surface area contributed by atoms with Gasteiger partial charge in [-0.1, -0.05) is 60.7 Å². The van der Waals surface area contributed by atoms with Crippen molar-refractivity contribution in [2.24, 2.45) is 0 Å². The molecule has 0 radical (unpaired) electrons. The number of alkyl carbamates (subject to hydrolysis) is 1. The summed E-state index contributed by atoms with van der Waals surface area (Å²) >= 11 is 0. The van der Waals surface area contributed by atoms with E-state index in [9.17, 15) is 14.4 Å². The van der Waals surface area contributed by atoms with Gasteiger partial charge in [-0.25, -0.2) is 14.6 Å². The van der Waals surface area contributed by atoms with Crippen LogP contribution in [-0.2, 0) is 38.6 Å². The van der Waals surface area contributed by atoms with Crippen LogP contribution in [0.25, 0.3) is 0 Å². The Morgan fingerprint density at radius 1 is 1.06 bits per heavy atom. The fourth-order valence-corrected chi connectivity index (χ4v) is 4.11. The van der Waals surface area contributed by atoms with Crippen LogP contribution >= 0.6 is 0 Å². The third-order valence-electron chi connectivity index (χ3n) is 5.87. The predicted molar refractivity (Wildman–Crippen MR) is 127 cm³/mol. The van der Waals surface area contributed by atoms with Crippen LogP contribution in [0.4, 0.5) is 4.79 Å². The molecule has 0 bridgehead atoms. The SMILES string of the molecule is O=C(CCc1cnc[nH]1)ON1CCC[C@](Cc2ccccc2)(NC(=O)OCc2ccccc2)C1=O. The number of nitrogens with one attached hydrogen (secondary N) is 2. The van der Waals surface area contributed by atoms with E-state index in [1.54, 1.807) is 6.20 Å². The van der Waals surface area contributed by atoms with Crippen molar-refractivity contribution in [2.75, 3.05) is 6.54 Å². The smallest absolute Gasteiger partial charge is 0.408 e. The van der Waals surface area contributed by atoms with Crippen LogP contribution in [0.5, 0.6) is 0 Å². The molecule has 3 aromatic rings. The van der Waals surface area contributed by atoms with E-state index in [1.165, 1.54) is 6.33 Å². The zero-order valence-electron chi connectivity index (χ0n) is 19.3. The second-order valence-corrected chi connectivity index (χ2v) is 8.48. The fourth-order valence-electron chi connectivity index (χ4n) is 4.11. The van der Waals surface area contributed by atoms with E-state index in [0.717, 1.165) is 21.9 Å². The molecule has 0 spiro atoms. The Hall–Kier alpha value is -4.14. The molecule has 1 aromatic heterocycles. The number of hydroxylamine groups is 2. The molecule has 4 rings (SSSR count). The molecular formula is C26H28N4O5. The Morgan fingerprint density at radius 2 is 1.77 bits per heavy atom. The van der Waals surface area contributed by atoms with Gasteiger partial charge in [0.2, 0.25) is 0 Å². The highest BCUT2D eigenvalue weighted by molar-refractivity contribution is 5.91. The first-order chi connectivity index (χ1) is 17.0. The minimum atomic E-state index is -1.29. The topological polar surface area (TPSA) is 114 Å². The summed E-state index contributed by atoms with van der Waals surface area (Å²) in [5.41, 5.74) is 1.21. The van der Waals surface area contributed by atoms with Crippen LogP contribution in [0.2, 0.25) is 0 Å². The van der Waals surface area contributed by atoms with Crippen LogP contribution in [0.15, 0.2) is 73.2 Å². The molecule has 0 aliphatic carbocycles. The van der Waals surface area contributed by atoms with Crippen LogP contribution < -0.4 is 5.32 Å². The molecule has 9 heteroatoms. The number of ether oxygens (including phenoxy) is 1. The van der Waals surface area contributed by atoms with Crippen molar-refractivity contribution in [3.05, 3.63) is 90.0 Å². The number of nitrogens with zero attached hydrogens (tertiary/aromatic N) is 2. The minimum absolute atomic E-state index is 0.0780. The number of aryl methyl sites for hydroxylation is 1. The summed E-state index contributed by atoms with van der Waals surface area (Å²) in [4.78, 5) is 51.1. The molecule has 1 fully saturated rings. The van der Waals surface area contributed by atoms with E-state index in [1.807, 2.05) is 60.7 Å². The van der Waals surface area contributed by atoms with Gasteiger partial charge in [0.05, 0.1) is 19.3 Å². The summed E-state index contributed by atoms with van der Waals surface area (Å²) in [6.07, 6.45) is 4.16. The maximum absolute atomic E-state index is 13.6. The molecule has 1 aliphatic heterocycles. The van der Waals surface area contributed by atoms with Crippen molar-refractivity contribution in [1.29, 1.82) is 0 Å². The first-order valence-electron chi connectivity index (χ1n) is 11.6. The number of aromatic nitrogens is 2. The number of piperidine rings is 1. The molecule has 0 saturated carbocycles.